The van der Waals surface area contributed by atoms with Gasteiger partial charge in [0.25, 0.3) is 0 Å². The summed E-state index contributed by atoms with van der Waals surface area (Å²) in [7, 11) is 1.67. The minimum atomic E-state index is 0.103. The highest BCUT2D eigenvalue weighted by Gasteiger charge is 2.08. The number of nitrogens with two attached hydrogens (primary N) is 1. The number of aryl methyl sites for hydroxylation is 1. The first kappa shape index (κ1) is 16.3. The van der Waals surface area contributed by atoms with E-state index in [0.29, 0.717) is 0 Å². The third-order valence-corrected chi connectivity index (χ3v) is 4.31. The van der Waals surface area contributed by atoms with Gasteiger partial charge in [-0.05, 0) is 54.7 Å². The van der Waals surface area contributed by atoms with Crippen molar-refractivity contribution in [2.75, 3.05) is 7.11 Å². The molecule has 1 unspecified atom stereocenters. The normalized spacial score (nSPS) is 12.2. The lowest BCUT2D eigenvalue weighted by Gasteiger charge is -2.13. The molecule has 0 saturated heterocycles. The van der Waals surface area contributed by atoms with Crippen molar-refractivity contribution in [3.63, 3.8) is 0 Å². The molecule has 2 N–H and O–H groups in total. The minimum absolute atomic E-state index is 0.103. The summed E-state index contributed by atoms with van der Waals surface area (Å²) in [6, 6.07) is 14.2. The highest BCUT2D eigenvalue weighted by molar-refractivity contribution is 9.10. The summed E-state index contributed by atoms with van der Waals surface area (Å²) < 4.78 is 6.14. The van der Waals surface area contributed by atoms with Crippen LogP contribution >= 0.6 is 27.5 Å². The maximum atomic E-state index is 6.22. The van der Waals surface area contributed by atoms with E-state index in [9.17, 15) is 0 Å². The van der Waals surface area contributed by atoms with E-state index in [0.717, 1.165) is 40.1 Å². The Labute approximate surface area is 139 Å². The Kier molecular flexibility index (Phi) is 6.09. The minimum Gasteiger partial charge on any atom is -0.497 e. The van der Waals surface area contributed by atoms with Crippen LogP contribution in [-0.2, 0) is 12.8 Å². The molecule has 2 nitrogen and oxygen atoms in total. The number of methoxy groups -OCH3 is 1. The Balaban J connectivity index is 1.87. The molecule has 0 amide bonds. The molecule has 2 aromatic carbocycles. The van der Waals surface area contributed by atoms with Crippen LogP contribution in [0.4, 0.5) is 0 Å². The van der Waals surface area contributed by atoms with E-state index in [1.807, 2.05) is 30.3 Å². The number of benzene rings is 2. The van der Waals surface area contributed by atoms with Crippen LogP contribution in [0.25, 0.3) is 0 Å². The summed E-state index contributed by atoms with van der Waals surface area (Å²) >= 11 is 9.63. The second kappa shape index (κ2) is 7.83. The average Bonchev–Trinajstić information content (AvgIpc) is 2.48. The predicted octanol–water partition coefficient (Wildman–Crippen LogP) is 4.61. The quantitative estimate of drug-likeness (QED) is 0.808. The van der Waals surface area contributed by atoms with Gasteiger partial charge in [0.1, 0.15) is 5.75 Å². The Morgan fingerprint density at radius 2 is 1.90 bits per heavy atom. The molecule has 0 fully saturated rings. The van der Waals surface area contributed by atoms with Crippen molar-refractivity contribution in [1.29, 1.82) is 0 Å². The first-order valence-electron chi connectivity index (χ1n) is 6.91. The fourth-order valence-corrected chi connectivity index (χ4v) is 2.97. The highest BCUT2D eigenvalue weighted by Crippen LogP contribution is 2.23. The van der Waals surface area contributed by atoms with Gasteiger partial charge in [0, 0.05) is 15.5 Å². The summed E-state index contributed by atoms with van der Waals surface area (Å²) in [6.45, 7) is 0. The average molecular weight is 369 g/mol. The summed E-state index contributed by atoms with van der Waals surface area (Å²) in [5, 5.41) is 0.768. The lowest BCUT2D eigenvalue weighted by atomic mass is 10.00. The van der Waals surface area contributed by atoms with Crippen molar-refractivity contribution in [1.82, 2.24) is 0 Å². The van der Waals surface area contributed by atoms with E-state index >= 15 is 0 Å². The molecule has 21 heavy (non-hydrogen) atoms. The molecule has 0 aliphatic heterocycles. The topological polar surface area (TPSA) is 35.2 Å². The molecular formula is C17H19BrClNO. The molecule has 0 bridgehead atoms. The van der Waals surface area contributed by atoms with Crippen LogP contribution in [0.5, 0.6) is 5.75 Å². The van der Waals surface area contributed by atoms with Crippen LogP contribution in [0, 0.1) is 0 Å². The van der Waals surface area contributed by atoms with E-state index in [-0.39, 0.29) is 6.04 Å². The summed E-state index contributed by atoms with van der Waals surface area (Å²) in [4.78, 5) is 0. The van der Waals surface area contributed by atoms with Crippen molar-refractivity contribution in [2.24, 2.45) is 5.73 Å². The van der Waals surface area contributed by atoms with Crippen LogP contribution < -0.4 is 10.5 Å². The highest BCUT2D eigenvalue weighted by atomic mass is 79.9. The second-order valence-electron chi connectivity index (χ2n) is 5.09. The van der Waals surface area contributed by atoms with Gasteiger partial charge in [-0.25, -0.2) is 0 Å². The van der Waals surface area contributed by atoms with E-state index < -0.39 is 0 Å². The van der Waals surface area contributed by atoms with E-state index in [1.165, 1.54) is 5.56 Å². The van der Waals surface area contributed by atoms with Gasteiger partial charge in [0.15, 0.2) is 0 Å². The molecule has 2 rings (SSSR count). The third kappa shape index (κ3) is 5.03. The van der Waals surface area contributed by atoms with Crippen molar-refractivity contribution in [2.45, 2.75) is 25.3 Å². The molecule has 0 aliphatic rings. The van der Waals surface area contributed by atoms with Gasteiger partial charge in [-0.1, -0.05) is 45.7 Å². The summed E-state index contributed by atoms with van der Waals surface area (Å²) in [6.07, 6.45) is 2.68. The van der Waals surface area contributed by atoms with E-state index in [1.54, 1.807) is 7.11 Å². The standard InChI is InChI=1S/C17H19BrClNO/c1-21-16-8-3-12(4-9-16)2-7-15(20)10-13-5-6-14(18)11-17(13)19/h3-6,8-9,11,15H,2,7,10,20H2,1H3. The van der Waals surface area contributed by atoms with Crippen LogP contribution in [0.3, 0.4) is 0 Å². The van der Waals surface area contributed by atoms with Crippen LogP contribution in [0.2, 0.25) is 5.02 Å². The zero-order valence-electron chi connectivity index (χ0n) is 12.0. The van der Waals surface area contributed by atoms with Gasteiger partial charge >= 0.3 is 0 Å². The van der Waals surface area contributed by atoms with Gasteiger partial charge < -0.3 is 10.5 Å². The molecule has 0 spiro atoms. The molecule has 1 atom stereocenters. The Hall–Kier alpha value is -1.03. The van der Waals surface area contributed by atoms with Crippen LogP contribution in [0.15, 0.2) is 46.9 Å². The molecule has 0 heterocycles. The molecule has 4 heteroatoms. The lowest BCUT2D eigenvalue weighted by molar-refractivity contribution is 0.414. The Morgan fingerprint density at radius 1 is 1.19 bits per heavy atom. The maximum absolute atomic E-state index is 6.22. The van der Waals surface area contributed by atoms with Crippen molar-refractivity contribution >= 4 is 27.5 Å². The van der Waals surface area contributed by atoms with Crippen molar-refractivity contribution in [3.8, 4) is 5.75 Å². The van der Waals surface area contributed by atoms with E-state index in [4.69, 9.17) is 22.1 Å². The fourth-order valence-electron chi connectivity index (χ4n) is 2.22. The van der Waals surface area contributed by atoms with Gasteiger partial charge in [-0.2, -0.15) is 0 Å². The van der Waals surface area contributed by atoms with Crippen molar-refractivity contribution < 1.29 is 4.74 Å². The molecule has 112 valence electrons. The van der Waals surface area contributed by atoms with Gasteiger partial charge in [0.05, 0.1) is 7.11 Å². The zero-order valence-corrected chi connectivity index (χ0v) is 14.3. The first-order chi connectivity index (χ1) is 10.1. The molecule has 0 saturated carbocycles. The Bertz CT molecular complexity index is 586. The van der Waals surface area contributed by atoms with E-state index in [2.05, 4.69) is 28.1 Å². The first-order valence-corrected chi connectivity index (χ1v) is 8.08. The number of hydrogen-bond acceptors (Lipinski definition) is 2. The number of ether oxygens (including phenoxy) is 1. The SMILES string of the molecule is COc1ccc(CCC(N)Cc2ccc(Br)cc2Cl)cc1. The monoisotopic (exact) mass is 367 g/mol. The fraction of sp³-hybridized carbons (Fsp3) is 0.294. The summed E-state index contributed by atoms with van der Waals surface area (Å²) in [5.41, 5.74) is 8.59. The lowest BCUT2D eigenvalue weighted by Crippen LogP contribution is -2.23. The Morgan fingerprint density at radius 3 is 2.52 bits per heavy atom. The smallest absolute Gasteiger partial charge is 0.118 e. The number of rotatable bonds is 6. The number of hydrogen-bond donors (Lipinski definition) is 1. The predicted molar refractivity (Wildman–Crippen MR) is 92.1 cm³/mol. The summed E-state index contributed by atoms with van der Waals surface area (Å²) in [5.74, 6) is 0.879. The number of halogens is 2. The molecule has 2 aromatic rings. The van der Waals surface area contributed by atoms with Gasteiger partial charge in [-0.15, -0.1) is 0 Å². The second-order valence-corrected chi connectivity index (χ2v) is 6.41. The van der Waals surface area contributed by atoms with Crippen molar-refractivity contribution in [3.05, 3.63) is 63.1 Å². The molecular weight excluding hydrogens is 350 g/mol. The molecule has 0 aromatic heterocycles. The third-order valence-electron chi connectivity index (χ3n) is 3.46. The largest absolute Gasteiger partial charge is 0.497 e. The molecule has 0 aliphatic carbocycles. The van der Waals surface area contributed by atoms with Crippen LogP contribution in [0.1, 0.15) is 17.5 Å². The van der Waals surface area contributed by atoms with Gasteiger partial charge in [0.2, 0.25) is 0 Å². The van der Waals surface area contributed by atoms with Gasteiger partial charge in [-0.3, -0.25) is 0 Å². The molecule has 0 radical (unpaired) electrons. The maximum Gasteiger partial charge on any atom is 0.118 e. The zero-order chi connectivity index (χ0) is 15.2. The van der Waals surface area contributed by atoms with Crippen LogP contribution in [-0.4, -0.2) is 13.2 Å².